The zero-order valence-corrected chi connectivity index (χ0v) is 20.4. The van der Waals surface area contributed by atoms with Crippen molar-refractivity contribution in [1.82, 2.24) is 20.1 Å². The largest absolute Gasteiger partial charge is 0.369 e. The van der Waals surface area contributed by atoms with E-state index < -0.39 is 5.72 Å². The summed E-state index contributed by atoms with van der Waals surface area (Å²) in [7, 11) is 1.78. The number of rotatable bonds is 9. The molecular weight excluding hydrogens is 441 g/mol. The van der Waals surface area contributed by atoms with Gasteiger partial charge in [0, 0.05) is 25.2 Å². The zero-order valence-electron chi connectivity index (χ0n) is 20.4. The summed E-state index contributed by atoms with van der Waals surface area (Å²) in [6.45, 7) is 4.00. The quantitative estimate of drug-likeness (QED) is 0.247. The van der Waals surface area contributed by atoms with Gasteiger partial charge in [0.25, 0.3) is 5.91 Å². The molecule has 1 atom stereocenters. The van der Waals surface area contributed by atoms with Gasteiger partial charge in [0.15, 0.2) is 13.7 Å². The van der Waals surface area contributed by atoms with Crippen LogP contribution in [0.3, 0.4) is 0 Å². The number of carbonyl (C=O) groups excluding carboxylic acids is 1. The number of piperidine rings is 1. The minimum absolute atomic E-state index is 0.336. The van der Waals surface area contributed by atoms with E-state index in [2.05, 4.69) is 50.8 Å². The van der Waals surface area contributed by atoms with Crippen LogP contribution in [0.5, 0.6) is 0 Å². The van der Waals surface area contributed by atoms with Crippen molar-refractivity contribution in [3.8, 4) is 17.9 Å². The van der Waals surface area contributed by atoms with Gasteiger partial charge < -0.3 is 25.9 Å². The number of nitrogens with one attached hydrogen (secondary N) is 3. The molecule has 3 rings (SSSR count). The molecule has 1 amide bonds. The number of nitriles is 1. The fraction of sp³-hybridized carbons (Fsp3) is 0.440. The number of carbonyl (C=O) groups is 1. The van der Waals surface area contributed by atoms with Crippen LogP contribution in [0.15, 0.2) is 30.5 Å². The summed E-state index contributed by atoms with van der Waals surface area (Å²) in [5.41, 5.74) is 0.667. The summed E-state index contributed by atoms with van der Waals surface area (Å²) in [5.74, 6) is 7.00. The lowest BCUT2D eigenvalue weighted by molar-refractivity contribution is -0.158. The second kappa shape index (κ2) is 12.8. The van der Waals surface area contributed by atoms with Gasteiger partial charge in [-0.05, 0) is 62.9 Å². The molecule has 0 radical (unpaired) electrons. The normalized spacial score (nSPS) is 17.5. The summed E-state index contributed by atoms with van der Waals surface area (Å²) in [4.78, 5) is 23.1. The van der Waals surface area contributed by atoms with Crippen molar-refractivity contribution in [3.63, 3.8) is 0 Å². The predicted octanol–water partition coefficient (Wildman–Crippen LogP) is 1.88. The van der Waals surface area contributed by atoms with Crippen LogP contribution in [0.1, 0.15) is 56.6 Å². The lowest BCUT2D eigenvalue weighted by Gasteiger charge is -2.39. The second-order valence-electron chi connectivity index (χ2n) is 8.55. The number of aliphatic hydroxyl groups is 1. The molecule has 1 aromatic carbocycles. The van der Waals surface area contributed by atoms with Crippen LogP contribution in [0.25, 0.3) is 0 Å². The molecule has 1 saturated heterocycles. The van der Waals surface area contributed by atoms with Gasteiger partial charge in [-0.2, -0.15) is 10.2 Å². The molecule has 2 aromatic rings. The molecule has 10 heteroatoms. The van der Waals surface area contributed by atoms with Crippen LogP contribution in [0, 0.1) is 23.2 Å². The van der Waals surface area contributed by atoms with Crippen LogP contribution < -0.4 is 16.0 Å². The smallest absolute Gasteiger partial charge is 0.266 e. The molecule has 4 N–H and O–H groups in total. The molecule has 182 valence electrons. The molecular formula is C25H32BN7O2. The summed E-state index contributed by atoms with van der Waals surface area (Å²) in [5, 5.41) is 28.9. The van der Waals surface area contributed by atoms with Gasteiger partial charge in [0.05, 0.1) is 23.4 Å². The van der Waals surface area contributed by atoms with Crippen molar-refractivity contribution in [2.45, 2.75) is 51.2 Å². The Balaban J connectivity index is 1.55. The first-order chi connectivity index (χ1) is 17.0. The highest BCUT2D eigenvalue weighted by Crippen LogP contribution is 2.24. The average molecular weight is 473 g/mol. The Morgan fingerprint density at radius 1 is 1.29 bits per heavy atom. The number of aromatic nitrogens is 2. The van der Waals surface area contributed by atoms with Crippen LogP contribution in [0.4, 0.5) is 17.5 Å². The van der Waals surface area contributed by atoms with Crippen LogP contribution in [-0.4, -0.2) is 59.1 Å². The predicted molar refractivity (Wildman–Crippen MR) is 138 cm³/mol. The van der Waals surface area contributed by atoms with Crippen molar-refractivity contribution < 1.29 is 9.90 Å². The van der Waals surface area contributed by atoms with Gasteiger partial charge in [-0.25, -0.2) is 4.98 Å². The van der Waals surface area contributed by atoms with Crippen LogP contribution >= 0.6 is 0 Å². The Bertz CT molecular complexity index is 1110. The molecule has 0 aliphatic carbocycles. The van der Waals surface area contributed by atoms with Gasteiger partial charge in [-0.15, -0.1) is 0 Å². The highest BCUT2D eigenvalue weighted by atomic mass is 16.3. The average Bonchev–Trinajstić information content (AvgIpc) is 2.87. The first-order valence-electron chi connectivity index (χ1n) is 12.0. The van der Waals surface area contributed by atoms with E-state index in [1.54, 1.807) is 43.3 Å². The third kappa shape index (κ3) is 7.19. The molecule has 0 bridgehead atoms. The molecule has 9 nitrogen and oxygen atoms in total. The Labute approximate surface area is 207 Å². The zero-order chi connectivity index (χ0) is 25.1. The number of unbranched alkanes of at least 4 members (excludes halogenated alkanes) is 1. The summed E-state index contributed by atoms with van der Waals surface area (Å²) in [6.07, 6.45) is 6.18. The molecule has 0 saturated carbocycles. The van der Waals surface area contributed by atoms with E-state index in [1.165, 1.54) is 0 Å². The standard InChI is InChI=1S/C25H32BN7O2/c1-2-14-28-22-20(18-30-24(32-22)31-21-11-9-19(17-27)10-12-21)8-4-3-6-15-29-23(34)25(35)13-5-7-16-33(25)26/h9-12,18,35H,2-3,5-7,13-16,26H2,1H3,(H,29,34)(H2,28,30,31,32)/t25-/m1/s1. The molecule has 1 aliphatic rings. The summed E-state index contributed by atoms with van der Waals surface area (Å²) >= 11 is 0. The van der Waals surface area contributed by atoms with E-state index in [4.69, 9.17) is 5.26 Å². The molecule has 1 aliphatic heterocycles. The third-order valence-electron chi connectivity index (χ3n) is 5.85. The second-order valence-corrected chi connectivity index (χ2v) is 8.55. The van der Waals surface area contributed by atoms with Crippen LogP contribution in [0.2, 0.25) is 0 Å². The van der Waals surface area contributed by atoms with Crippen molar-refractivity contribution in [3.05, 3.63) is 41.6 Å². The van der Waals surface area contributed by atoms with Crippen molar-refractivity contribution >= 4 is 31.3 Å². The van der Waals surface area contributed by atoms with E-state index in [-0.39, 0.29) is 5.91 Å². The fourth-order valence-electron chi connectivity index (χ4n) is 3.73. The Hall–Kier alpha value is -3.60. The molecule has 0 spiro atoms. The SMILES string of the molecule is BN1CCCC[C@@]1(O)C(=O)NCCCC#Cc1cnc(Nc2ccc(C#N)cc2)nc1NCCC. The lowest BCUT2D eigenvalue weighted by Crippen LogP contribution is -2.60. The van der Waals surface area contributed by atoms with Gasteiger partial charge in [0.2, 0.25) is 5.95 Å². The van der Waals surface area contributed by atoms with E-state index in [0.29, 0.717) is 55.2 Å². The first kappa shape index (κ1) is 26.0. The van der Waals surface area contributed by atoms with Crippen molar-refractivity contribution in [1.29, 1.82) is 5.26 Å². The van der Waals surface area contributed by atoms with Gasteiger partial charge >= 0.3 is 0 Å². The molecule has 2 heterocycles. The summed E-state index contributed by atoms with van der Waals surface area (Å²) < 4.78 is 0. The lowest BCUT2D eigenvalue weighted by atomic mass is 9.94. The minimum atomic E-state index is -1.41. The Morgan fingerprint density at radius 3 is 2.80 bits per heavy atom. The van der Waals surface area contributed by atoms with E-state index in [0.717, 1.165) is 31.5 Å². The van der Waals surface area contributed by atoms with E-state index >= 15 is 0 Å². The number of amides is 1. The molecule has 0 unspecified atom stereocenters. The van der Waals surface area contributed by atoms with Gasteiger partial charge in [-0.1, -0.05) is 18.8 Å². The molecule has 1 fully saturated rings. The first-order valence-corrected chi connectivity index (χ1v) is 12.0. The van der Waals surface area contributed by atoms with Gasteiger partial charge in [-0.3, -0.25) is 4.79 Å². The maximum atomic E-state index is 12.4. The fourth-order valence-corrected chi connectivity index (χ4v) is 3.73. The minimum Gasteiger partial charge on any atom is -0.369 e. The van der Waals surface area contributed by atoms with Crippen molar-refractivity contribution in [2.75, 3.05) is 30.3 Å². The molecule has 1 aromatic heterocycles. The van der Waals surface area contributed by atoms with Gasteiger partial charge in [0.1, 0.15) is 5.82 Å². The third-order valence-corrected chi connectivity index (χ3v) is 5.85. The number of nitrogens with zero attached hydrogens (tertiary/aromatic N) is 4. The Morgan fingerprint density at radius 2 is 2.09 bits per heavy atom. The Kier molecular flexibility index (Phi) is 9.48. The van der Waals surface area contributed by atoms with E-state index in [9.17, 15) is 9.90 Å². The van der Waals surface area contributed by atoms with E-state index in [1.807, 2.05) is 0 Å². The monoisotopic (exact) mass is 473 g/mol. The maximum Gasteiger partial charge on any atom is 0.266 e. The highest BCUT2D eigenvalue weighted by molar-refractivity contribution is 6.07. The highest BCUT2D eigenvalue weighted by Gasteiger charge is 2.40. The maximum absolute atomic E-state index is 12.4. The van der Waals surface area contributed by atoms with Crippen molar-refractivity contribution in [2.24, 2.45) is 0 Å². The number of hydrogen-bond donors (Lipinski definition) is 4. The number of anilines is 3. The molecule has 35 heavy (non-hydrogen) atoms. The summed E-state index contributed by atoms with van der Waals surface area (Å²) in [6, 6.07) is 9.17. The van der Waals surface area contributed by atoms with Crippen LogP contribution in [-0.2, 0) is 4.79 Å². The number of hydrogen-bond acceptors (Lipinski definition) is 8. The number of benzene rings is 1. The topological polar surface area (TPSA) is 126 Å².